The van der Waals surface area contributed by atoms with Crippen LogP contribution in [0.4, 0.5) is 11.6 Å². The molecule has 3 aliphatic rings. The molecule has 0 atom stereocenters. The highest BCUT2D eigenvalue weighted by molar-refractivity contribution is 5.99. The van der Waals surface area contributed by atoms with E-state index in [1.54, 1.807) is 0 Å². The number of hydrogen-bond acceptors (Lipinski definition) is 5. The van der Waals surface area contributed by atoms with Gasteiger partial charge in [0.15, 0.2) is 0 Å². The molecule has 6 heteroatoms. The molecular weight excluding hydrogens is 841 g/mol. The van der Waals surface area contributed by atoms with Gasteiger partial charge in [-0.2, -0.15) is 0 Å². The van der Waals surface area contributed by atoms with Gasteiger partial charge in [0, 0.05) is 27.1 Å². The second-order valence-corrected chi connectivity index (χ2v) is 19.0. The first-order valence-corrected chi connectivity index (χ1v) is 24.2. The van der Waals surface area contributed by atoms with Crippen molar-refractivity contribution in [2.75, 3.05) is 4.90 Å². The second kappa shape index (κ2) is 16.8. The minimum Gasteiger partial charge on any atom is -0.278 e. The Bertz CT molecular complexity index is 3960. The monoisotopic (exact) mass is 892 g/mol. The molecule has 0 spiro atoms. The van der Waals surface area contributed by atoms with Crippen molar-refractivity contribution in [3.05, 3.63) is 220 Å². The fraction of sp³-hybridized carbons (Fsp3) is 0.143. The van der Waals surface area contributed by atoms with E-state index in [4.69, 9.17) is 19.9 Å². The van der Waals surface area contributed by atoms with Gasteiger partial charge in [0.05, 0.1) is 45.0 Å². The zero-order chi connectivity index (χ0) is 46.8. The van der Waals surface area contributed by atoms with Crippen molar-refractivity contribution in [3.8, 4) is 17.2 Å². The van der Waals surface area contributed by atoms with Gasteiger partial charge in [0.2, 0.25) is 11.9 Å². The van der Waals surface area contributed by atoms with Crippen molar-refractivity contribution in [1.29, 1.82) is 0 Å². The van der Waals surface area contributed by atoms with Crippen molar-refractivity contribution in [2.45, 2.75) is 59.3 Å². The van der Waals surface area contributed by atoms with Gasteiger partial charge in [-0.1, -0.05) is 186 Å². The number of nitrogens with zero attached hydrogens (tertiary/aromatic N) is 6. The zero-order valence-corrected chi connectivity index (χ0v) is 39.7. The maximum atomic E-state index is 5.60. The Kier molecular flexibility index (Phi) is 10.3. The lowest BCUT2D eigenvalue weighted by atomic mass is 9.71. The molecule has 10 aromatic rings. The van der Waals surface area contributed by atoms with Crippen LogP contribution >= 0.6 is 0 Å². The van der Waals surface area contributed by atoms with Crippen LogP contribution in [0.1, 0.15) is 68.6 Å². The molecule has 0 saturated carbocycles. The summed E-state index contributed by atoms with van der Waals surface area (Å²) in [4.78, 5) is 24.3. The van der Waals surface area contributed by atoms with Crippen molar-refractivity contribution >= 4 is 78.9 Å². The van der Waals surface area contributed by atoms with Gasteiger partial charge >= 0.3 is 0 Å². The fourth-order valence-electron chi connectivity index (χ4n) is 10.7. The Morgan fingerprint density at radius 1 is 0.565 bits per heavy atom. The Balaban J connectivity index is 0.00000160. The summed E-state index contributed by atoms with van der Waals surface area (Å²) in [6, 6.07) is 56.1. The number of aryl methyl sites for hydroxylation is 1. The Labute approximate surface area is 402 Å². The molecule has 3 aromatic heterocycles. The van der Waals surface area contributed by atoms with E-state index in [0.717, 1.165) is 79.8 Å². The summed E-state index contributed by atoms with van der Waals surface area (Å²) in [5, 5.41) is 8.04. The van der Waals surface area contributed by atoms with E-state index in [0.29, 0.717) is 11.9 Å². The third kappa shape index (κ3) is 7.09. The van der Waals surface area contributed by atoms with E-state index < -0.39 is 0 Å². The summed E-state index contributed by atoms with van der Waals surface area (Å²) < 4.78 is 2.29. The molecule has 6 nitrogen and oxygen atoms in total. The third-order valence-electron chi connectivity index (χ3n) is 14.0. The molecule has 13 rings (SSSR count). The Morgan fingerprint density at radius 3 is 2.01 bits per heavy atom. The summed E-state index contributed by atoms with van der Waals surface area (Å²) in [5.74, 6) is 1.27. The Morgan fingerprint density at radius 2 is 1.22 bits per heavy atom. The number of rotatable bonds is 4. The van der Waals surface area contributed by atoms with Gasteiger partial charge in [-0.25, -0.2) is 19.9 Å². The lowest BCUT2D eigenvalue weighted by Crippen LogP contribution is -2.36. The van der Waals surface area contributed by atoms with Crippen molar-refractivity contribution in [1.82, 2.24) is 24.5 Å². The molecule has 2 aliphatic carbocycles. The molecule has 0 amide bonds. The minimum absolute atomic E-state index is 0.337. The minimum atomic E-state index is -0.337. The molecule has 0 fully saturated rings. The van der Waals surface area contributed by atoms with Crippen molar-refractivity contribution in [2.24, 2.45) is 0 Å². The van der Waals surface area contributed by atoms with E-state index in [9.17, 15) is 0 Å². The quantitative estimate of drug-likeness (QED) is 0.176. The lowest BCUT2D eigenvalue weighted by molar-refractivity contribution is 0.610. The predicted octanol–water partition coefficient (Wildman–Crippen LogP) is 14.1. The number of aromatic nitrogens is 5. The number of benzene rings is 7. The first-order chi connectivity index (χ1) is 33.8. The van der Waals surface area contributed by atoms with Crippen LogP contribution in [-0.4, -0.2) is 24.5 Å². The lowest BCUT2D eigenvalue weighted by Gasteiger charge is -2.43. The van der Waals surface area contributed by atoms with Crippen molar-refractivity contribution in [3.63, 3.8) is 0 Å². The van der Waals surface area contributed by atoms with Gasteiger partial charge in [-0.15, -0.1) is 0 Å². The molecule has 0 radical (unpaired) electrons. The highest BCUT2D eigenvalue weighted by Crippen LogP contribution is 2.53. The van der Waals surface area contributed by atoms with Crippen LogP contribution in [0.25, 0.3) is 84.5 Å². The SMILES string of the molecule is CCC.Cc1ccc2c(c1)N(c1nc(-c3ccc4ccccc4c3)c3ccccc3n1)C1=Cc3c(c4ccccc4n3-c3nc(C4=CC=c5ccccc5=CC4)c4ccccc4n3)CC=C1C2(C)C. The van der Waals surface area contributed by atoms with Gasteiger partial charge in [-0.3, -0.25) is 9.47 Å². The normalized spacial score (nSPS) is 14.7. The summed E-state index contributed by atoms with van der Waals surface area (Å²) >= 11 is 0. The van der Waals surface area contributed by atoms with Gasteiger partial charge < -0.3 is 0 Å². The number of anilines is 2. The van der Waals surface area contributed by atoms with Crippen LogP contribution in [0.3, 0.4) is 0 Å². The standard InChI is InChI=1S/C60H44N6.C3H8/c1-37-24-32-48-54(34-37)66(59-62-51-22-12-9-20-47(51)57(64-59)43-30-27-40-16-6-7-17-42(40)35-43)55-36-53-45(31-33-49(55)60(48,2)3)44-18-10-13-23-52(44)65(53)58-61-50-21-11-8-19-46(50)56(63-58)41-28-25-38-14-4-5-15-39(38)26-29-41;1-3-2/h4-28,30,32-36H,29,31H2,1-3H3;3H2,1-2H3. The highest BCUT2D eigenvalue weighted by atomic mass is 15.3. The summed E-state index contributed by atoms with van der Waals surface area (Å²) in [6.07, 6.45) is 14.3. The first kappa shape index (κ1) is 42.2. The van der Waals surface area contributed by atoms with Gasteiger partial charge in [0.1, 0.15) is 0 Å². The largest absolute Gasteiger partial charge is 0.278 e. The number of allylic oxidation sites excluding steroid dienone is 4. The first-order valence-electron chi connectivity index (χ1n) is 24.2. The zero-order valence-electron chi connectivity index (χ0n) is 39.7. The van der Waals surface area contributed by atoms with E-state index >= 15 is 0 Å². The molecular formula is C63H52N6. The summed E-state index contributed by atoms with van der Waals surface area (Å²) in [7, 11) is 0. The molecule has 334 valence electrons. The van der Waals surface area contributed by atoms with E-state index in [2.05, 4.69) is 232 Å². The van der Waals surface area contributed by atoms with Crippen LogP contribution in [0, 0.1) is 6.92 Å². The predicted molar refractivity (Wildman–Crippen MR) is 288 cm³/mol. The van der Waals surface area contributed by atoms with E-state index in [1.807, 2.05) is 0 Å². The molecule has 4 heterocycles. The van der Waals surface area contributed by atoms with Crippen LogP contribution in [0.15, 0.2) is 181 Å². The average molecular weight is 893 g/mol. The summed E-state index contributed by atoms with van der Waals surface area (Å²) in [6.45, 7) is 11.1. The molecule has 0 saturated heterocycles. The molecule has 0 unspecified atom stereocenters. The molecule has 0 bridgehead atoms. The molecule has 0 N–H and O–H groups in total. The number of fused-ring (bicyclic) bond motifs is 9. The highest BCUT2D eigenvalue weighted by Gasteiger charge is 2.42. The summed E-state index contributed by atoms with van der Waals surface area (Å²) in [5.41, 5.74) is 14.6. The third-order valence-corrected chi connectivity index (χ3v) is 14.0. The van der Waals surface area contributed by atoms with Crippen LogP contribution < -0.4 is 15.3 Å². The van der Waals surface area contributed by atoms with Gasteiger partial charge in [0.25, 0.3) is 0 Å². The smallest absolute Gasteiger partial charge is 0.235 e. The molecule has 1 aliphatic heterocycles. The maximum Gasteiger partial charge on any atom is 0.235 e. The van der Waals surface area contributed by atoms with Crippen LogP contribution in [-0.2, 0) is 11.8 Å². The molecule has 69 heavy (non-hydrogen) atoms. The second-order valence-electron chi connectivity index (χ2n) is 19.0. The van der Waals surface area contributed by atoms with Gasteiger partial charge in [-0.05, 0) is 105 Å². The molecule has 7 aromatic carbocycles. The van der Waals surface area contributed by atoms with Crippen LogP contribution in [0.5, 0.6) is 0 Å². The topological polar surface area (TPSA) is 59.7 Å². The number of hydrogen-bond donors (Lipinski definition) is 0. The number of para-hydroxylation sites is 3. The maximum absolute atomic E-state index is 5.60. The van der Waals surface area contributed by atoms with E-state index in [1.165, 1.54) is 55.3 Å². The van der Waals surface area contributed by atoms with E-state index in [-0.39, 0.29) is 5.41 Å². The fourth-order valence-corrected chi connectivity index (χ4v) is 10.7. The van der Waals surface area contributed by atoms with Crippen molar-refractivity contribution < 1.29 is 0 Å². The van der Waals surface area contributed by atoms with Crippen LogP contribution in [0.2, 0.25) is 0 Å². The Hall–Kier alpha value is -8.22. The average Bonchev–Trinajstić information content (AvgIpc) is 3.49.